The Hall–Kier alpha value is -4.26. The van der Waals surface area contributed by atoms with Crippen LogP contribution in [0.15, 0.2) is 53.9 Å². The number of Topliss-reactive ketones (excluding diaryl/α,β-unsaturated/α-hetero) is 3. The molecule has 1 aromatic heterocycles. The van der Waals surface area contributed by atoms with Gasteiger partial charge in [-0.2, -0.15) is 4.80 Å². The lowest BCUT2D eigenvalue weighted by atomic mass is 9.77. The van der Waals surface area contributed by atoms with Crippen LogP contribution in [0.2, 0.25) is 0 Å². The fraction of sp³-hybridized carbons (Fsp3) is 0.731. The molecule has 17 heteroatoms. The molecule has 3 aliphatic heterocycles. The monoisotopic (exact) mass is 966 g/mol. The van der Waals surface area contributed by atoms with Crippen LogP contribution in [0.25, 0.3) is 0 Å². The van der Waals surface area contributed by atoms with Crippen molar-refractivity contribution < 1.29 is 57.9 Å². The maximum Gasteiger partial charge on any atom is 0.329 e. The number of methoxy groups -OCH3 is 3. The molecule has 5 rings (SSSR count). The summed E-state index contributed by atoms with van der Waals surface area (Å²) >= 11 is 0. The first kappa shape index (κ1) is 55.7. The van der Waals surface area contributed by atoms with Crippen LogP contribution in [0.4, 0.5) is 0 Å². The number of allylic oxidation sites excluding steroid dienone is 6. The zero-order valence-corrected chi connectivity index (χ0v) is 42.5. The van der Waals surface area contributed by atoms with Crippen LogP contribution in [0.3, 0.4) is 0 Å². The van der Waals surface area contributed by atoms with Crippen LogP contribution >= 0.6 is 0 Å². The Morgan fingerprint density at radius 1 is 0.884 bits per heavy atom. The summed E-state index contributed by atoms with van der Waals surface area (Å²) in [5.41, 5.74) is 1.27. The van der Waals surface area contributed by atoms with Gasteiger partial charge in [0.1, 0.15) is 30.1 Å². The summed E-state index contributed by atoms with van der Waals surface area (Å²) in [4.78, 5) is 73.9. The quantitative estimate of drug-likeness (QED) is 0.181. The molecule has 0 aromatic carbocycles. The molecular formula is C52H79N5O12. The zero-order valence-electron chi connectivity index (χ0n) is 42.5. The van der Waals surface area contributed by atoms with Crippen LogP contribution in [0.5, 0.6) is 0 Å². The number of hydrogen-bond acceptors (Lipinski definition) is 15. The van der Waals surface area contributed by atoms with E-state index in [1.165, 1.54) is 18.3 Å². The largest absolute Gasteiger partial charge is 0.460 e. The lowest BCUT2D eigenvalue weighted by Crippen LogP contribution is -2.61. The molecule has 4 aliphatic rings. The molecule has 4 heterocycles. The number of aliphatic hydroxyl groups excluding tert-OH is 1. The Bertz CT molecular complexity index is 2020. The molecule has 2 N–H and O–H groups in total. The van der Waals surface area contributed by atoms with E-state index in [2.05, 4.69) is 15.4 Å². The fourth-order valence-electron chi connectivity index (χ4n) is 10.7. The lowest BCUT2D eigenvalue weighted by Gasteiger charge is -2.42. The summed E-state index contributed by atoms with van der Waals surface area (Å²) in [6.45, 7) is 12.8. The second-order valence-electron chi connectivity index (χ2n) is 20.3. The number of amides is 1. The molecule has 1 aromatic rings. The first-order valence-electron chi connectivity index (χ1n) is 25.0. The molecule has 384 valence electrons. The summed E-state index contributed by atoms with van der Waals surface area (Å²) in [6.07, 6.45) is 13.7. The number of nitrogens with zero attached hydrogens (tertiary/aromatic N) is 5. The second-order valence-corrected chi connectivity index (χ2v) is 20.3. The van der Waals surface area contributed by atoms with Crippen LogP contribution in [0.1, 0.15) is 132 Å². The summed E-state index contributed by atoms with van der Waals surface area (Å²) in [6, 6.07) is -1.24. The summed E-state index contributed by atoms with van der Waals surface area (Å²) in [7, 11) is 4.61. The van der Waals surface area contributed by atoms with Crippen LogP contribution < -0.4 is 0 Å². The van der Waals surface area contributed by atoms with Gasteiger partial charge in [-0.1, -0.05) is 71.1 Å². The number of rotatable bonds is 7. The maximum atomic E-state index is 14.5. The van der Waals surface area contributed by atoms with Gasteiger partial charge < -0.3 is 38.8 Å². The highest BCUT2D eigenvalue weighted by atomic mass is 16.6. The number of piperidine rings is 1. The molecular weight excluding hydrogens is 887 g/mol. The fourth-order valence-corrected chi connectivity index (χ4v) is 10.7. The van der Waals surface area contributed by atoms with Gasteiger partial charge in [0.25, 0.3) is 11.7 Å². The van der Waals surface area contributed by atoms with Crippen LogP contribution in [-0.4, -0.2) is 141 Å². The predicted molar refractivity (Wildman–Crippen MR) is 256 cm³/mol. The number of fused-ring (bicyclic) bond motifs is 3. The molecule has 17 nitrogen and oxygen atoms in total. The first-order valence-corrected chi connectivity index (χ1v) is 25.0. The Balaban J connectivity index is 1.46. The first-order chi connectivity index (χ1) is 32.8. The highest BCUT2D eigenvalue weighted by Crippen LogP contribution is 2.39. The van der Waals surface area contributed by atoms with Gasteiger partial charge in [-0.25, -0.2) is 4.79 Å². The molecule has 0 radical (unpaired) electrons. The van der Waals surface area contributed by atoms with E-state index < -0.39 is 77.8 Å². The van der Waals surface area contributed by atoms with E-state index in [9.17, 15) is 34.2 Å². The number of cyclic esters (lactones) is 1. The normalized spacial score (nSPS) is 38.8. The molecule has 11 unspecified atom stereocenters. The molecule has 1 aliphatic carbocycles. The van der Waals surface area contributed by atoms with Gasteiger partial charge >= 0.3 is 5.97 Å². The van der Waals surface area contributed by atoms with Gasteiger partial charge in [-0.05, 0) is 112 Å². The Kier molecular flexibility index (Phi) is 20.8. The molecule has 0 spiro atoms. The minimum absolute atomic E-state index is 0.0168. The third kappa shape index (κ3) is 14.2. The number of ketones is 3. The standard InChI is InChI=1S/C52H79N5O12/c1-31-16-12-11-13-17-32(2)43(65-8)28-39-21-19-37(7)52(64,69-39)49(61)50(62)56-23-15-14-18-41(56)51(63)68-44(34(4)26-38-20-22-40(45(27-38)66-9)57-54-30-53-55-57)29-42(58)33(3)25-36(6)47(60)48(67-10)46(59)35(5)24-31/h11-13,16-17,25,30-31,33-35,37-41,43-45,47-48,60,64H,14-15,18-24,26-29H2,1-10H3/b13-11+,16-12+,32-17+,36-25+/t31-,33?,34?,35?,37?,38?,39+,40?,41?,43+,44+,45?,47?,48?,52?/m1/s1. The van der Waals surface area contributed by atoms with Gasteiger partial charge in [0.05, 0.1) is 24.4 Å². The second kappa shape index (κ2) is 25.7. The molecule has 2 bridgehead atoms. The van der Waals surface area contributed by atoms with Gasteiger partial charge in [-0.3, -0.25) is 19.2 Å². The number of esters is 1. The van der Waals surface area contributed by atoms with Gasteiger partial charge in [0.15, 0.2) is 12.1 Å². The summed E-state index contributed by atoms with van der Waals surface area (Å²) in [5.74, 6) is -7.94. The van der Waals surface area contributed by atoms with Crippen molar-refractivity contribution in [2.45, 2.75) is 180 Å². The van der Waals surface area contributed by atoms with Crippen molar-refractivity contribution in [3.63, 3.8) is 0 Å². The molecule has 15 atom stereocenters. The van der Waals surface area contributed by atoms with Gasteiger partial charge in [0, 0.05) is 58.5 Å². The van der Waals surface area contributed by atoms with Crippen molar-refractivity contribution in [1.82, 2.24) is 25.1 Å². The highest BCUT2D eigenvalue weighted by Gasteiger charge is 2.53. The summed E-state index contributed by atoms with van der Waals surface area (Å²) in [5, 5.41) is 35.7. The zero-order chi connectivity index (χ0) is 50.6. The van der Waals surface area contributed by atoms with Crippen molar-refractivity contribution in [3.05, 3.63) is 53.9 Å². The number of hydrogen-bond donors (Lipinski definition) is 2. The Morgan fingerprint density at radius 3 is 2.32 bits per heavy atom. The number of aromatic nitrogens is 4. The minimum Gasteiger partial charge on any atom is -0.460 e. The Labute approximate surface area is 408 Å². The topological polar surface area (TPSA) is 219 Å². The molecule has 69 heavy (non-hydrogen) atoms. The van der Waals surface area contributed by atoms with E-state index in [0.29, 0.717) is 56.9 Å². The number of carbonyl (C=O) groups excluding carboxylic acids is 5. The van der Waals surface area contributed by atoms with Crippen molar-refractivity contribution >= 4 is 29.2 Å². The molecule has 1 amide bonds. The number of carbonyl (C=O) groups is 5. The minimum atomic E-state index is -2.43. The average molecular weight is 966 g/mol. The van der Waals surface area contributed by atoms with Crippen molar-refractivity contribution in [2.24, 2.45) is 35.5 Å². The molecule has 1 saturated carbocycles. The number of tetrazole rings is 1. The van der Waals surface area contributed by atoms with E-state index in [0.717, 1.165) is 18.4 Å². The average Bonchev–Trinajstić information content (AvgIpc) is 3.88. The van der Waals surface area contributed by atoms with E-state index in [4.69, 9.17) is 23.7 Å². The predicted octanol–water partition coefficient (Wildman–Crippen LogP) is 6.05. The van der Waals surface area contributed by atoms with Crippen molar-refractivity contribution in [1.29, 1.82) is 0 Å². The van der Waals surface area contributed by atoms with Crippen LogP contribution in [-0.2, 0) is 47.7 Å². The maximum absolute atomic E-state index is 14.5. The molecule has 2 saturated heterocycles. The van der Waals surface area contributed by atoms with E-state index in [-0.39, 0.29) is 60.9 Å². The Morgan fingerprint density at radius 2 is 1.64 bits per heavy atom. The molecule has 3 fully saturated rings. The smallest absolute Gasteiger partial charge is 0.329 e. The lowest BCUT2D eigenvalue weighted by molar-refractivity contribution is -0.265. The van der Waals surface area contributed by atoms with E-state index >= 15 is 0 Å². The van der Waals surface area contributed by atoms with Gasteiger partial charge in [0.2, 0.25) is 5.79 Å². The van der Waals surface area contributed by atoms with E-state index in [1.807, 2.05) is 58.1 Å². The van der Waals surface area contributed by atoms with Crippen LogP contribution in [0, 0.1) is 35.5 Å². The summed E-state index contributed by atoms with van der Waals surface area (Å²) < 4.78 is 29.9. The highest BCUT2D eigenvalue weighted by molar-refractivity contribution is 6.39. The van der Waals surface area contributed by atoms with E-state index in [1.54, 1.807) is 45.9 Å². The van der Waals surface area contributed by atoms with Gasteiger partial charge in [-0.15, -0.1) is 10.2 Å². The third-order valence-corrected chi connectivity index (χ3v) is 15.1. The van der Waals surface area contributed by atoms with Crippen molar-refractivity contribution in [3.8, 4) is 0 Å². The number of ether oxygens (including phenoxy) is 5. The van der Waals surface area contributed by atoms with Crippen molar-refractivity contribution in [2.75, 3.05) is 27.9 Å². The SMILES string of the molecule is COC1CC(CC(C)[C@@H]2CC(=O)C(C)/C=C(\C)C(O)C(OC)C(=O)C(C)C[C@H](C)/C=C/C=C/C=C(\C)[C@@H](OC)C[C@@H]3CCC(C)C(O)(O3)C(=O)C(=O)N3CCCCC3C(=O)O2)CCC1n1ncnn1. The number of aliphatic hydroxyl groups is 2. The third-order valence-electron chi connectivity index (χ3n) is 15.1.